The summed E-state index contributed by atoms with van der Waals surface area (Å²) >= 11 is 0. The Hall–Kier alpha value is -0.830. The molecule has 1 unspecified atom stereocenters. The Balaban J connectivity index is 3.24. The van der Waals surface area contributed by atoms with E-state index < -0.39 is 9.84 Å². The number of rotatable bonds is 4. The molecule has 17 heavy (non-hydrogen) atoms. The average Bonchev–Trinajstić information content (AvgIpc) is 2.27. The van der Waals surface area contributed by atoms with Crippen LogP contribution in [0.3, 0.4) is 0 Å². The maximum atomic E-state index is 12.1. The maximum absolute atomic E-state index is 12.1. The fourth-order valence-electron chi connectivity index (χ4n) is 1.79. The minimum absolute atomic E-state index is 0.365. The van der Waals surface area contributed by atoms with Gasteiger partial charge in [-0.05, 0) is 50.3 Å². The molecule has 1 aromatic rings. The molecular weight excluding hydrogens is 232 g/mol. The van der Waals surface area contributed by atoms with Gasteiger partial charge in [-0.2, -0.15) is 0 Å². The van der Waals surface area contributed by atoms with Crippen LogP contribution in [0.15, 0.2) is 23.1 Å². The Labute approximate surface area is 105 Å². The Morgan fingerprint density at radius 2 is 1.76 bits per heavy atom. The summed E-state index contributed by atoms with van der Waals surface area (Å²) in [6, 6.07) is 5.70. The number of aryl methyl sites for hydroxylation is 1. The highest BCUT2D eigenvalue weighted by Crippen LogP contribution is 2.25. The van der Waals surface area contributed by atoms with E-state index in [1.807, 2.05) is 19.1 Å². The Kier molecular flexibility index (Phi) is 4.36. The van der Waals surface area contributed by atoms with Crippen molar-refractivity contribution in [1.29, 1.82) is 0 Å². The molecule has 0 aliphatic rings. The van der Waals surface area contributed by atoms with Crippen LogP contribution in [0, 0.1) is 6.92 Å². The van der Waals surface area contributed by atoms with Crippen molar-refractivity contribution in [2.24, 2.45) is 0 Å². The molecule has 1 rings (SSSR count). The second kappa shape index (κ2) is 5.21. The van der Waals surface area contributed by atoms with Crippen LogP contribution in [0.4, 0.5) is 0 Å². The number of sulfone groups is 1. The van der Waals surface area contributed by atoms with Crippen LogP contribution in [0.5, 0.6) is 0 Å². The third-order valence-electron chi connectivity index (χ3n) is 3.31. The van der Waals surface area contributed by atoms with Crippen molar-refractivity contribution in [3.8, 4) is 0 Å². The summed E-state index contributed by atoms with van der Waals surface area (Å²) in [6.07, 6.45) is 1.07. The summed E-state index contributed by atoms with van der Waals surface area (Å²) in [6.45, 7) is 9.61. The van der Waals surface area contributed by atoms with Crippen molar-refractivity contribution in [3.63, 3.8) is 0 Å². The van der Waals surface area contributed by atoms with Crippen molar-refractivity contribution in [2.45, 2.75) is 57.1 Å². The quantitative estimate of drug-likeness (QED) is 0.821. The summed E-state index contributed by atoms with van der Waals surface area (Å²) in [5.74, 6) is 0.476. The molecule has 1 aromatic carbocycles. The van der Waals surface area contributed by atoms with E-state index in [1.54, 1.807) is 19.9 Å². The van der Waals surface area contributed by atoms with Crippen LogP contribution < -0.4 is 0 Å². The average molecular weight is 254 g/mol. The third-order valence-corrected chi connectivity index (χ3v) is 5.62. The molecule has 0 N–H and O–H groups in total. The smallest absolute Gasteiger partial charge is 0.180 e. The van der Waals surface area contributed by atoms with Crippen LogP contribution in [-0.4, -0.2) is 13.7 Å². The maximum Gasteiger partial charge on any atom is 0.180 e. The van der Waals surface area contributed by atoms with Crippen molar-refractivity contribution in [1.82, 2.24) is 0 Å². The highest BCUT2D eigenvalue weighted by Gasteiger charge is 2.21. The zero-order valence-electron chi connectivity index (χ0n) is 11.3. The Morgan fingerprint density at radius 3 is 2.18 bits per heavy atom. The van der Waals surface area contributed by atoms with Crippen LogP contribution in [-0.2, 0) is 9.84 Å². The summed E-state index contributed by atoms with van der Waals surface area (Å²) in [5.41, 5.74) is 2.07. The molecule has 2 nitrogen and oxygen atoms in total. The zero-order chi connectivity index (χ0) is 13.2. The highest BCUT2D eigenvalue weighted by molar-refractivity contribution is 7.92. The summed E-state index contributed by atoms with van der Waals surface area (Å²) < 4.78 is 24.2. The fourth-order valence-corrected chi connectivity index (χ4v) is 3.06. The topological polar surface area (TPSA) is 34.1 Å². The van der Waals surface area contributed by atoms with Gasteiger partial charge < -0.3 is 0 Å². The van der Waals surface area contributed by atoms with E-state index in [2.05, 4.69) is 13.8 Å². The summed E-state index contributed by atoms with van der Waals surface area (Å²) in [4.78, 5) is 0.472. The normalized spacial score (nSPS) is 14.0. The molecule has 3 heteroatoms. The van der Waals surface area contributed by atoms with Gasteiger partial charge in [0.1, 0.15) is 0 Å². The molecule has 0 aliphatic carbocycles. The summed E-state index contributed by atoms with van der Waals surface area (Å²) in [7, 11) is -3.16. The van der Waals surface area contributed by atoms with Gasteiger partial charge in [0, 0.05) is 0 Å². The van der Waals surface area contributed by atoms with Crippen molar-refractivity contribution >= 4 is 9.84 Å². The fraction of sp³-hybridized carbons (Fsp3) is 0.571. The first kappa shape index (κ1) is 14.2. The van der Waals surface area contributed by atoms with Crippen LogP contribution in [0.25, 0.3) is 0 Å². The lowest BCUT2D eigenvalue weighted by atomic mass is 9.97. The highest BCUT2D eigenvalue weighted by atomic mass is 32.2. The minimum atomic E-state index is -3.16. The first-order valence-corrected chi connectivity index (χ1v) is 7.69. The largest absolute Gasteiger partial charge is 0.223 e. The second-order valence-corrected chi connectivity index (χ2v) is 7.40. The standard InChI is InChI=1S/C14H22O2S/c1-6-11(4)13-7-8-14(12(5)9-13)17(15,16)10(2)3/h7-11H,6H2,1-5H3. The Morgan fingerprint density at radius 1 is 1.18 bits per heavy atom. The predicted molar refractivity (Wildman–Crippen MR) is 72.2 cm³/mol. The first-order chi connectivity index (χ1) is 7.80. The molecule has 0 saturated carbocycles. The summed E-state index contributed by atoms with van der Waals surface area (Å²) in [5, 5.41) is -0.365. The predicted octanol–water partition coefficient (Wildman–Crippen LogP) is 3.69. The van der Waals surface area contributed by atoms with E-state index in [1.165, 1.54) is 5.56 Å². The third kappa shape index (κ3) is 2.89. The lowest BCUT2D eigenvalue weighted by Gasteiger charge is -2.14. The number of benzene rings is 1. The van der Waals surface area contributed by atoms with Crippen LogP contribution in [0.2, 0.25) is 0 Å². The van der Waals surface area contributed by atoms with E-state index in [0.717, 1.165) is 12.0 Å². The molecule has 0 heterocycles. The van der Waals surface area contributed by atoms with Gasteiger partial charge in [-0.15, -0.1) is 0 Å². The van der Waals surface area contributed by atoms with Crippen molar-refractivity contribution in [3.05, 3.63) is 29.3 Å². The van der Waals surface area contributed by atoms with Gasteiger partial charge in [0.05, 0.1) is 10.1 Å². The van der Waals surface area contributed by atoms with E-state index in [0.29, 0.717) is 10.8 Å². The van der Waals surface area contributed by atoms with Gasteiger partial charge in [0.25, 0.3) is 0 Å². The number of hydrogen-bond donors (Lipinski definition) is 0. The number of hydrogen-bond acceptors (Lipinski definition) is 2. The molecule has 0 saturated heterocycles. The van der Waals surface area contributed by atoms with Gasteiger partial charge in [-0.3, -0.25) is 0 Å². The van der Waals surface area contributed by atoms with Gasteiger partial charge in [0.15, 0.2) is 9.84 Å². The lowest BCUT2D eigenvalue weighted by Crippen LogP contribution is -2.15. The van der Waals surface area contributed by atoms with Crippen LogP contribution in [0.1, 0.15) is 51.2 Å². The van der Waals surface area contributed by atoms with Gasteiger partial charge in [0.2, 0.25) is 0 Å². The van der Waals surface area contributed by atoms with E-state index >= 15 is 0 Å². The van der Waals surface area contributed by atoms with Crippen molar-refractivity contribution in [2.75, 3.05) is 0 Å². The molecule has 0 fully saturated rings. The van der Waals surface area contributed by atoms with Gasteiger partial charge >= 0.3 is 0 Å². The van der Waals surface area contributed by atoms with Crippen LogP contribution >= 0.6 is 0 Å². The zero-order valence-corrected chi connectivity index (χ0v) is 12.1. The van der Waals surface area contributed by atoms with Gasteiger partial charge in [-0.1, -0.05) is 26.0 Å². The molecule has 0 aliphatic heterocycles. The van der Waals surface area contributed by atoms with E-state index in [9.17, 15) is 8.42 Å². The molecule has 1 atom stereocenters. The second-order valence-electron chi connectivity index (χ2n) is 4.93. The molecule has 0 radical (unpaired) electrons. The van der Waals surface area contributed by atoms with Crippen molar-refractivity contribution < 1.29 is 8.42 Å². The first-order valence-electron chi connectivity index (χ1n) is 6.15. The van der Waals surface area contributed by atoms with E-state index in [4.69, 9.17) is 0 Å². The minimum Gasteiger partial charge on any atom is -0.223 e. The molecule has 96 valence electrons. The van der Waals surface area contributed by atoms with E-state index in [-0.39, 0.29) is 5.25 Å². The monoisotopic (exact) mass is 254 g/mol. The molecule has 0 spiro atoms. The Bertz CT molecular complexity index is 487. The molecule has 0 bridgehead atoms. The molecular formula is C14H22O2S. The van der Waals surface area contributed by atoms with Gasteiger partial charge in [-0.25, -0.2) is 8.42 Å². The molecule has 0 aromatic heterocycles. The lowest BCUT2D eigenvalue weighted by molar-refractivity contribution is 0.586. The molecule has 0 amide bonds. The SMILES string of the molecule is CCC(C)c1ccc(S(=O)(=O)C(C)C)c(C)c1.